The van der Waals surface area contributed by atoms with Crippen LogP contribution in [0.15, 0.2) is 142 Å². The monoisotopic (exact) mass is 526 g/mol. The Labute approximate surface area is 234 Å². The highest BCUT2D eigenvalue weighted by Gasteiger charge is 2.17. The topological polar surface area (TPSA) is 44.1 Å². The predicted octanol–water partition coefficient (Wildman–Crippen LogP) is 10.2. The van der Waals surface area contributed by atoms with Gasteiger partial charge in [0.2, 0.25) is 0 Å². The van der Waals surface area contributed by atoms with Crippen molar-refractivity contribution in [2.45, 2.75) is 0 Å². The molecule has 4 nitrogen and oxygen atoms in total. The molecule has 192 valence electrons. The molecule has 3 heterocycles. The van der Waals surface area contributed by atoms with E-state index in [-0.39, 0.29) is 0 Å². The van der Waals surface area contributed by atoms with Crippen LogP contribution in [0.1, 0.15) is 0 Å². The van der Waals surface area contributed by atoms with Crippen molar-refractivity contribution >= 4 is 54.9 Å². The zero-order chi connectivity index (χ0) is 26.9. The molecule has 0 amide bonds. The van der Waals surface area contributed by atoms with Crippen molar-refractivity contribution in [3.63, 3.8) is 0 Å². The molecule has 6 aromatic carbocycles. The quantitative estimate of drug-likeness (QED) is 0.230. The number of hydrogen-bond acceptors (Lipinski definition) is 3. The van der Waals surface area contributed by atoms with Crippen molar-refractivity contribution in [3.8, 4) is 28.2 Å². The largest absolute Gasteiger partial charge is 0.456 e. The Morgan fingerprint density at radius 3 is 2.07 bits per heavy atom. The molecule has 0 spiro atoms. The van der Waals surface area contributed by atoms with Crippen molar-refractivity contribution < 1.29 is 8.83 Å². The zero-order valence-corrected chi connectivity index (χ0v) is 21.9. The molecule has 0 saturated heterocycles. The number of para-hydroxylation sites is 4. The van der Waals surface area contributed by atoms with Crippen molar-refractivity contribution in [2.24, 2.45) is 0 Å². The molecule has 0 bridgehead atoms. The summed E-state index contributed by atoms with van der Waals surface area (Å²) in [5.74, 6) is 0.927. The summed E-state index contributed by atoms with van der Waals surface area (Å²) in [5, 5.41) is 4.31. The second kappa shape index (κ2) is 8.44. The Hall–Kier alpha value is -5.61. The van der Waals surface area contributed by atoms with Gasteiger partial charge in [-0.3, -0.25) is 4.57 Å². The van der Waals surface area contributed by atoms with E-state index < -0.39 is 0 Å². The summed E-state index contributed by atoms with van der Waals surface area (Å²) in [5.41, 5.74) is 9.86. The van der Waals surface area contributed by atoms with Gasteiger partial charge in [0.25, 0.3) is 0 Å². The van der Waals surface area contributed by atoms with Crippen LogP contribution in [0.4, 0.5) is 0 Å². The van der Waals surface area contributed by atoms with Crippen LogP contribution in [0.2, 0.25) is 0 Å². The fourth-order valence-electron chi connectivity index (χ4n) is 6.10. The second-order valence-electron chi connectivity index (χ2n) is 10.4. The fourth-order valence-corrected chi connectivity index (χ4v) is 6.10. The standard InChI is InChI=1S/C37H22N2O2/c1-2-9-24(10-3-1)37-38-31-14-5-6-15-32(31)39(37)25-19-17-23(18-20-25)26-12-8-13-28-30-22-34-29(21-35(30)41-36(26)28)27-11-4-7-16-33(27)40-34/h1-22H. The molecule has 3 aromatic heterocycles. The first-order valence-corrected chi connectivity index (χ1v) is 13.7. The number of hydrogen-bond donors (Lipinski definition) is 0. The van der Waals surface area contributed by atoms with Gasteiger partial charge in [0, 0.05) is 38.4 Å². The first-order valence-electron chi connectivity index (χ1n) is 13.7. The van der Waals surface area contributed by atoms with Crippen LogP contribution in [-0.2, 0) is 0 Å². The molecule has 9 aromatic rings. The predicted molar refractivity (Wildman–Crippen MR) is 166 cm³/mol. The summed E-state index contributed by atoms with van der Waals surface area (Å²) in [6, 6.07) is 46.0. The van der Waals surface area contributed by atoms with Gasteiger partial charge in [-0.05, 0) is 48.0 Å². The second-order valence-corrected chi connectivity index (χ2v) is 10.4. The maximum absolute atomic E-state index is 6.54. The maximum Gasteiger partial charge on any atom is 0.145 e. The minimum atomic E-state index is 0.862. The van der Waals surface area contributed by atoms with Crippen LogP contribution < -0.4 is 0 Å². The SMILES string of the molecule is c1ccc(-c2nc3ccccc3n2-c2ccc(-c3cccc4c3oc3cc5c(cc34)oc3ccccc35)cc2)cc1. The fraction of sp³-hybridized carbons (Fsp3) is 0. The number of rotatable bonds is 3. The summed E-state index contributed by atoms with van der Waals surface area (Å²) in [7, 11) is 0. The number of furan rings is 2. The van der Waals surface area contributed by atoms with Gasteiger partial charge in [0.05, 0.1) is 11.0 Å². The Morgan fingerprint density at radius 1 is 0.488 bits per heavy atom. The number of benzene rings is 6. The summed E-state index contributed by atoms with van der Waals surface area (Å²) < 4.78 is 14.9. The minimum absolute atomic E-state index is 0.862. The van der Waals surface area contributed by atoms with Crippen molar-refractivity contribution in [3.05, 3.63) is 133 Å². The van der Waals surface area contributed by atoms with Crippen molar-refractivity contribution in [2.75, 3.05) is 0 Å². The lowest BCUT2D eigenvalue weighted by Crippen LogP contribution is -1.97. The molecule has 0 unspecified atom stereocenters. The van der Waals surface area contributed by atoms with Gasteiger partial charge in [-0.25, -0.2) is 4.98 Å². The van der Waals surface area contributed by atoms with E-state index in [4.69, 9.17) is 13.8 Å². The average molecular weight is 527 g/mol. The molecule has 0 aliphatic heterocycles. The van der Waals surface area contributed by atoms with E-state index in [9.17, 15) is 0 Å². The van der Waals surface area contributed by atoms with E-state index in [2.05, 4.69) is 108 Å². The smallest absolute Gasteiger partial charge is 0.145 e. The Morgan fingerprint density at radius 2 is 1.20 bits per heavy atom. The van der Waals surface area contributed by atoms with Gasteiger partial charge in [0.1, 0.15) is 28.2 Å². The van der Waals surface area contributed by atoms with Gasteiger partial charge in [0.15, 0.2) is 0 Å². The normalized spacial score (nSPS) is 11.9. The van der Waals surface area contributed by atoms with E-state index in [0.717, 1.165) is 83.1 Å². The van der Waals surface area contributed by atoms with Gasteiger partial charge in [-0.2, -0.15) is 0 Å². The lowest BCUT2D eigenvalue weighted by molar-refractivity contribution is 0.664. The molecule has 0 aliphatic rings. The van der Waals surface area contributed by atoms with Crippen molar-refractivity contribution in [1.82, 2.24) is 9.55 Å². The van der Waals surface area contributed by atoms with Gasteiger partial charge in [-0.1, -0.05) is 91.0 Å². The zero-order valence-electron chi connectivity index (χ0n) is 21.9. The third kappa shape index (κ3) is 3.31. The molecule has 0 aliphatic carbocycles. The van der Waals surface area contributed by atoms with E-state index in [1.54, 1.807) is 0 Å². The Kier molecular flexibility index (Phi) is 4.58. The summed E-state index contributed by atoms with van der Waals surface area (Å²) in [6.45, 7) is 0. The average Bonchev–Trinajstić information content (AvgIpc) is 3.71. The molecular weight excluding hydrogens is 504 g/mol. The molecule has 0 radical (unpaired) electrons. The van der Waals surface area contributed by atoms with Gasteiger partial charge < -0.3 is 8.83 Å². The first-order chi connectivity index (χ1) is 20.3. The van der Waals surface area contributed by atoms with E-state index in [1.807, 2.05) is 30.3 Å². The number of aromatic nitrogens is 2. The van der Waals surface area contributed by atoms with Crippen LogP contribution in [0.3, 0.4) is 0 Å². The highest BCUT2D eigenvalue weighted by atomic mass is 16.3. The maximum atomic E-state index is 6.54. The van der Waals surface area contributed by atoms with Crippen LogP contribution >= 0.6 is 0 Å². The summed E-state index contributed by atoms with van der Waals surface area (Å²) in [4.78, 5) is 4.98. The third-order valence-electron chi connectivity index (χ3n) is 8.03. The number of imidazole rings is 1. The molecule has 4 heteroatoms. The molecule has 41 heavy (non-hydrogen) atoms. The van der Waals surface area contributed by atoms with Crippen molar-refractivity contribution in [1.29, 1.82) is 0 Å². The third-order valence-corrected chi connectivity index (χ3v) is 8.03. The van der Waals surface area contributed by atoms with E-state index in [1.165, 1.54) is 0 Å². The molecule has 0 fully saturated rings. The molecule has 9 rings (SSSR count). The van der Waals surface area contributed by atoms with E-state index >= 15 is 0 Å². The highest BCUT2D eigenvalue weighted by molar-refractivity contribution is 6.16. The number of nitrogens with zero attached hydrogens (tertiary/aromatic N) is 2. The molecular formula is C37H22N2O2. The first kappa shape index (κ1) is 22.2. The number of fused-ring (bicyclic) bond motifs is 7. The van der Waals surface area contributed by atoms with Gasteiger partial charge in [-0.15, -0.1) is 0 Å². The summed E-state index contributed by atoms with van der Waals surface area (Å²) >= 11 is 0. The van der Waals surface area contributed by atoms with E-state index in [0.29, 0.717) is 0 Å². The summed E-state index contributed by atoms with van der Waals surface area (Å²) in [6.07, 6.45) is 0. The molecule has 0 atom stereocenters. The van der Waals surface area contributed by atoms with Gasteiger partial charge >= 0.3 is 0 Å². The van der Waals surface area contributed by atoms with Crippen LogP contribution in [0.5, 0.6) is 0 Å². The molecule has 0 saturated carbocycles. The molecule has 0 N–H and O–H groups in total. The Bertz CT molecular complexity index is 2410. The van der Waals surface area contributed by atoms with Crippen LogP contribution in [0.25, 0.3) is 83.1 Å². The van der Waals surface area contributed by atoms with Crippen LogP contribution in [-0.4, -0.2) is 9.55 Å². The van der Waals surface area contributed by atoms with Crippen LogP contribution in [0, 0.1) is 0 Å². The lowest BCUT2D eigenvalue weighted by atomic mass is 10.0. The minimum Gasteiger partial charge on any atom is -0.456 e. The Balaban J connectivity index is 1.19. The lowest BCUT2D eigenvalue weighted by Gasteiger charge is -2.11. The highest BCUT2D eigenvalue weighted by Crippen LogP contribution is 2.40.